The first-order chi connectivity index (χ1) is 18.0. The average Bonchev–Trinajstić information content (AvgIpc) is 2.78. The molecule has 1 N–H and O–H groups in total. The maximum Gasteiger partial charge on any atom is 0.410 e. The van der Waals surface area contributed by atoms with Crippen LogP contribution in [0.2, 0.25) is 25.7 Å². The first kappa shape index (κ1) is 31.1. The molecule has 2 atom stereocenters. The number of rotatable bonds is 9. The van der Waals surface area contributed by atoms with E-state index in [0.717, 1.165) is 10.9 Å². The van der Waals surface area contributed by atoms with Crippen molar-refractivity contribution in [3.05, 3.63) is 17.7 Å². The van der Waals surface area contributed by atoms with E-state index in [1.165, 1.54) is 11.2 Å². The number of ether oxygens (including phenoxy) is 4. The van der Waals surface area contributed by atoms with Gasteiger partial charge in [0.05, 0.1) is 30.2 Å². The summed E-state index contributed by atoms with van der Waals surface area (Å²) in [5.74, 6) is -3.15. The Hall–Kier alpha value is -2.44. The lowest BCUT2D eigenvalue weighted by atomic mass is 10.0. The van der Waals surface area contributed by atoms with E-state index >= 15 is 8.78 Å². The van der Waals surface area contributed by atoms with Crippen LogP contribution in [0, 0.1) is 0 Å². The van der Waals surface area contributed by atoms with Crippen LogP contribution in [0.4, 0.5) is 19.3 Å². The Morgan fingerprint density at radius 1 is 1.26 bits per heavy atom. The fourth-order valence-corrected chi connectivity index (χ4v) is 4.86. The van der Waals surface area contributed by atoms with Crippen LogP contribution in [-0.4, -0.2) is 85.6 Å². The van der Waals surface area contributed by atoms with Crippen molar-refractivity contribution < 1.29 is 37.6 Å². The molecule has 0 spiro atoms. The largest absolute Gasteiger partial charge is 0.487 e. The molecule has 39 heavy (non-hydrogen) atoms. The predicted molar refractivity (Wildman–Crippen MR) is 148 cm³/mol. The molecule has 9 nitrogen and oxygen atoms in total. The van der Waals surface area contributed by atoms with Gasteiger partial charge in [0.2, 0.25) is 0 Å². The van der Waals surface area contributed by atoms with Gasteiger partial charge < -0.3 is 33.9 Å². The summed E-state index contributed by atoms with van der Waals surface area (Å²) in [4.78, 5) is 19.3. The molecule has 1 aromatic rings. The molecule has 1 saturated heterocycles. The van der Waals surface area contributed by atoms with E-state index in [1.54, 1.807) is 32.9 Å². The van der Waals surface area contributed by atoms with Gasteiger partial charge in [-0.1, -0.05) is 19.6 Å². The van der Waals surface area contributed by atoms with Crippen LogP contribution in [0.25, 0.3) is 0 Å². The minimum absolute atomic E-state index is 0.00745. The van der Waals surface area contributed by atoms with E-state index in [9.17, 15) is 9.90 Å². The molecule has 220 valence electrons. The lowest BCUT2D eigenvalue weighted by molar-refractivity contribution is -0.138. The number of aliphatic hydroxyl groups is 1. The molecule has 0 saturated carbocycles. The van der Waals surface area contributed by atoms with Crippen LogP contribution in [0.5, 0.6) is 11.5 Å². The second-order valence-electron chi connectivity index (χ2n) is 12.5. The average molecular weight is 572 g/mol. The second-order valence-corrected chi connectivity index (χ2v) is 18.2. The highest BCUT2D eigenvalue weighted by Gasteiger charge is 2.49. The maximum atomic E-state index is 15.4. The molecule has 0 aliphatic carbocycles. The lowest BCUT2D eigenvalue weighted by Crippen LogP contribution is -2.56. The topological polar surface area (TPSA) is 93.1 Å². The summed E-state index contributed by atoms with van der Waals surface area (Å²) in [7, 11) is -1.29. The number of nitrogens with zero attached hydrogens (tertiary/aromatic N) is 3. The van der Waals surface area contributed by atoms with Gasteiger partial charge in [-0.15, -0.1) is 0 Å². The first-order valence-electron chi connectivity index (χ1n) is 13.4. The van der Waals surface area contributed by atoms with E-state index in [-0.39, 0.29) is 42.9 Å². The van der Waals surface area contributed by atoms with Crippen molar-refractivity contribution in [2.75, 3.05) is 26.4 Å². The molecule has 3 rings (SSSR count). The summed E-state index contributed by atoms with van der Waals surface area (Å²) in [6.45, 7) is 15.2. The van der Waals surface area contributed by atoms with Crippen molar-refractivity contribution in [1.82, 2.24) is 9.80 Å². The smallest absolute Gasteiger partial charge is 0.410 e. The Labute approximate surface area is 231 Å². The molecular formula is C27H43F2N3O6Si. The van der Waals surface area contributed by atoms with Gasteiger partial charge in [0, 0.05) is 27.6 Å². The number of hydrogen-bond donors (Lipinski definition) is 1. The van der Waals surface area contributed by atoms with Crippen molar-refractivity contribution in [3.63, 3.8) is 0 Å². The van der Waals surface area contributed by atoms with Crippen LogP contribution in [0.3, 0.4) is 0 Å². The number of halogens is 2. The zero-order valence-corrected chi connectivity index (χ0v) is 25.3. The Bertz CT molecular complexity index is 1040. The van der Waals surface area contributed by atoms with Gasteiger partial charge in [0.1, 0.15) is 12.3 Å². The van der Waals surface area contributed by atoms with Crippen molar-refractivity contribution >= 4 is 26.2 Å². The summed E-state index contributed by atoms with van der Waals surface area (Å²) in [6.07, 6.45) is -2.54. The minimum Gasteiger partial charge on any atom is -0.487 e. The van der Waals surface area contributed by atoms with Crippen molar-refractivity contribution in [3.8, 4) is 11.5 Å². The zero-order chi connectivity index (χ0) is 29.2. The van der Waals surface area contributed by atoms with E-state index < -0.39 is 44.6 Å². The van der Waals surface area contributed by atoms with Gasteiger partial charge in [-0.2, -0.15) is 0 Å². The highest BCUT2D eigenvalue weighted by molar-refractivity contribution is 6.76. The quantitative estimate of drug-likeness (QED) is 0.297. The number of amides is 1. The lowest BCUT2D eigenvalue weighted by Gasteiger charge is -2.39. The molecule has 0 aromatic heterocycles. The number of aliphatic imine (C=N–C) groups is 1. The standard InChI is InChI=1S/C27H43F2N3O6Si/c1-18(2)36-20-10-9-19-22(24(33)32(16-30-19)17-35-13-14-39(6,7)8)23(20)37-21-11-12-31(15-27(21,28)29)25(34)38-26(3,4)5/h9-10,16,18,21,24,33H,11-15,17H2,1-8H3. The third-order valence-electron chi connectivity index (χ3n) is 6.10. The number of likely N-dealkylation sites (tertiary alicyclic amines) is 1. The van der Waals surface area contributed by atoms with Crippen LogP contribution >= 0.6 is 0 Å². The summed E-state index contributed by atoms with van der Waals surface area (Å²) in [5, 5.41) is 11.3. The van der Waals surface area contributed by atoms with Gasteiger partial charge in [0.15, 0.2) is 23.8 Å². The van der Waals surface area contributed by atoms with Gasteiger partial charge >= 0.3 is 12.0 Å². The van der Waals surface area contributed by atoms with Gasteiger partial charge in [-0.3, -0.25) is 0 Å². The molecule has 1 amide bonds. The third-order valence-corrected chi connectivity index (χ3v) is 7.80. The van der Waals surface area contributed by atoms with E-state index in [0.29, 0.717) is 12.3 Å². The van der Waals surface area contributed by atoms with Gasteiger partial charge in [-0.25, -0.2) is 18.6 Å². The number of benzene rings is 1. The van der Waals surface area contributed by atoms with Crippen molar-refractivity contribution in [2.24, 2.45) is 4.99 Å². The summed E-state index contributed by atoms with van der Waals surface area (Å²) in [6, 6.07) is 4.22. The molecule has 12 heteroatoms. The Morgan fingerprint density at radius 3 is 2.54 bits per heavy atom. The van der Waals surface area contributed by atoms with Crippen LogP contribution in [0.1, 0.15) is 52.8 Å². The summed E-state index contributed by atoms with van der Waals surface area (Å²) >= 11 is 0. The third kappa shape index (κ3) is 8.52. The highest BCUT2D eigenvalue weighted by atomic mass is 28.3. The number of carbonyl (C=O) groups is 1. The molecular weight excluding hydrogens is 528 g/mol. The number of aliphatic hydroxyl groups excluding tert-OH is 1. The molecule has 1 aromatic carbocycles. The van der Waals surface area contributed by atoms with Crippen molar-refractivity contribution in [2.45, 2.75) is 96.7 Å². The normalized spacial score (nSPS) is 21.1. The van der Waals surface area contributed by atoms with Crippen LogP contribution in [-0.2, 0) is 9.47 Å². The SMILES string of the molecule is CC(C)Oc1ccc2c(c1OC1CCN(C(=O)OC(C)(C)C)CC1(F)F)C(O)N(COCC[Si](C)(C)C)C=N2. The number of piperidine rings is 1. The van der Waals surface area contributed by atoms with E-state index in [4.69, 9.17) is 18.9 Å². The number of hydrogen-bond acceptors (Lipinski definition) is 8. The molecule has 2 aliphatic heterocycles. The fraction of sp³-hybridized carbons (Fsp3) is 0.704. The van der Waals surface area contributed by atoms with Crippen LogP contribution in [0.15, 0.2) is 17.1 Å². The molecule has 2 heterocycles. The number of alkyl halides is 2. The van der Waals surface area contributed by atoms with Crippen molar-refractivity contribution in [1.29, 1.82) is 0 Å². The van der Waals surface area contributed by atoms with Gasteiger partial charge in [0.25, 0.3) is 0 Å². The minimum atomic E-state index is -3.38. The summed E-state index contributed by atoms with van der Waals surface area (Å²) < 4.78 is 53.7. The van der Waals surface area contributed by atoms with Gasteiger partial charge in [-0.05, 0) is 52.8 Å². The molecule has 2 aliphatic rings. The molecule has 0 radical (unpaired) electrons. The zero-order valence-electron chi connectivity index (χ0n) is 24.3. The number of carbonyl (C=O) groups excluding carboxylic acids is 1. The van der Waals surface area contributed by atoms with E-state index in [1.807, 2.05) is 13.8 Å². The fourth-order valence-electron chi connectivity index (χ4n) is 4.11. The second kappa shape index (κ2) is 12.0. The Kier molecular flexibility index (Phi) is 9.54. The molecule has 0 bridgehead atoms. The Balaban J connectivity index is 1.83. The predicted octanol–water partition coefficient (Wildman–Crippen LogP) is 5.78. The van der Waals surface area contributed by atoms with E-state index in [2.05, 4.69) is 24.6 Å². The number of fused-ring (bicyclic) bond motifs is 1. The maximum absolute atomic E-state index is 15.4. The molecule has 2 unspecified atom stereocenters. The highest BCUT2D eigenvalue weighted by Crippen LogP contribution is 2.46. The molecule has 1 fully saturated rings. The summed E-state index contributed by atoms with van der Waals surface area (Å²) in [5.41, 5.74) is -0.177. The Morgan fingerprint density at radius 2 is 1.95 bits per heavy atom. The monoisotopic (exact) mass is 571 g/mol. The first-order valence-corrected chi connectivity index (χ1v) is 17.1. The van der Waals surface area contributed by atoms with Crippen LogP contribution < -0.4 is 9.47 Å².